The maximum Gasteiger partial charge on any atom is 0.0548 e. The number of benzene rings is 1. The molecule has 2 aliphatic rings. The van der Waals surface area contributed by atoms with Crippen LogP contribution in [0.1, 0.15) is 5.56 Å². The van der Waals surface area contributed by atoms with Crippen LogP contribution in [0.5, 0.6) is 0 Å². The first-order valence-electron chi connectivity index (χ1n) is 6.09. The van der Waals surface area contributed by atoms with E-state index >= 15 is 0 Å². The third-order valence-corrected chi connectivity index (χ3v) is 5.07. The molecule has 2 fully saturated rings. The highest BCUT2D eigenvalue weighted by atomic mass is 79.9. The predicted octanol–water partition coefficient (Wildman–Crippen LogP) is 2.75. The molecule has 1 aromatic carbocycles. The van der Waals surface area contributed by atoms with Crippen molar-refractivity contribution >= 4 is 27.5 Å². The van der Waals surface area contributed by atoms with Crippen LogP contribution in [0.3, 0.4) is 0 Å². The minimum Gasteiger partial charge on any atom is -0.316 e. The summed E-state index contributed by atoms with van der Waals surface area (Å²) < 4.78 is 0.998. The van der Waals surface area contributed by atoms with E-state index < -0.39 is 0 Å². The molecule has 1 aromatic rings. The first-order chi connectivity index (χ1) is 8.22. The van der Waals surface area contributed by atoms with Gasteiger partial charge in [-0.3, -0.25) is 4.90 Å². The van der Waals surface area contributed by atoms with Crippen molar-refractivity contribution in [3.05, 3.63) is 33.3 Å². The average Bonchev–Trinajstić information content (AvgIpc) is 2.84. The number of hydrogen-bond acceptors (Lipinski definition) is 2. The summed E-state index contributed by atoms with van der Waals surface area (Å²) in [4.78, 5) is 2.56. The first-order valence-corrected chi connectivity index (χ1v) is 7.26. The molecule has 1 N–H and O–H groups in total. The maximum absolute atomic E-state index is 6.01. The van der Waals surface area contributed by atoms with Gasteiger partial charge in [0.1, 0.15) is 0 Å². The van der Waals surface area contributed by atoms with Crippen LogP contribution >= 0.6 is 27.5 Å². The second-order valence-corrected chi connectivity index (χ2v) is 6.38. The van der Waals surface area contributed by atoms with Crippen molar-refractivity contribution in [2.45, 2.75) is 6.54 Å². The Bertz CT molecular complexity index is 412. The van der Waals surface area contributed by atoms with Gasteiger partial charge in [0.05, 0.1) is 5.02 Å². The van der Waals surface area contributed by atoms with E-state index in [2.05, 4.69) is 38.3 Å². The lowest BCUT2D eigenvalue weighted by Gasteiger charge is -2.17. The van der Waals surface area contributed by atoms with Crippen LogP contribution in [0, 0.1) is 11.8 Å². The highest BCUT2D eigenvalue weighted by molar-refractivity contribution is 9.10. The molecule has 2 heterocycles. The maximum atomic E-state index is 6.01. The van der Waals surface area contributed by atoms with Gasteiger partial charge in [-0.05, 0) is 58.6 Å². The highest BCUT2D eigenvalue weighted by Crippen LogP contribution is 2.29. The topological polar surface area (TPSA) is 15.3 Å². The molecule has 0 bridgehead atoms. The minimum absolute atomic E-state index is 0.788. The van der Waals surface area contributed by atoms with E-state index in [0.29, 0.717) is 0 Å². The largest absolute Gasteiger partial charge is 0.316 e. The molecule has 0 radical (unpaired) electrons. The van der Waals surface area contributed by atoms with E-state index in [0.717, 1.165) is 27.9 Å². The van der Waals surface area contributed by atoms with Crippen LogP contribution in [-0.2, 0) is 6.54 Å². The van der Waals surface area contributed by atoms with Crippen LogP contribution in [0.4, 0.5) is 0 Å². The fourth-order valence-electron chi connectivity index (χ4n) is 2.98. The van der Waals surface area contributed by atoms with Gasteiger partial charge in [-0.25, -0.2) is 0 Å². The molecule has 2 saturated heterocycles. The molecule has 2 atom stereocenters. The molecule has 2 unspecified atom stereocenters. The Kier molecular flexibility index (Phi) is 3.44. The van der Waals surface area contributed by atoms with Crippen molar-refractivity contribution in [1.29, 1.82) is 0 Å². The molecule has 0 aromatic heterocycles. The van der Waals surface area contributed by atoms with E-state index in [4.69, 9.17) is 11.6 Å². The Morgan fingerprint density at radius 1 is 1.29 bits per heavy atom. The van der Waals surface area contributed by atoms with Crippen molar-refractivity contribution in [3.8, 4) is 0 Å². The van der Waals surface area contributed by atoms with Gasteiger partial charge in [-0.1, -0.05) is 17.7 Å². The second kappa shape index (κ2) is 4.88. The van der Waals surface area contributed by atoms with E-state index in [1.54, 1.807) is 0 Å². The monoisotopic (exact) mass is 314 g/mol. The molecule has 2 aliphatic heterocycles. The van der Waals surface area contributed by atoms with Gasteiger partial charge < -0.3 is 5.32 Å². The van der Waals surface area contributed by atoms with Gasteiger partial charge in [-0.15, -0.1) is 0 Å². The number of nitrogens with one attached hydrogen (secondary N) is 1. The summed E-state index contributed by atoms with van der Waals surface area (Å²) in [7, 11) is 0. The molecule has 2 nitrogen and oxygen atoms in total. The molecule has 3 rings (SSSR count). The standard InChI is InChI=1S/C13H16BrClN2/c14-12-3-9(1-2-13(12)15)6-17-7-10-4-16-5-11(10)8-17/h1-3,10-11,16H,4-8H2. The van der Waals surface area contributed by atoms with Crippen LogP contribution in [0.15, 0.2) is 22.7 Å². The van der Waals surface area contributed by atoms with E-state index in [-0.39, 0.29) is 0 Å². The number of nitrogens with zero attached hydrogens (tertiary/aromatic N) is 1. The summed E-state index contributed by atoms with van der Waals surface area (Å²) in [6, 6.07) is 6.23. The molecular weight excluding hydrogens is 300 g/mol. The Morgan fingerprint density at radius 3 is 2.65 bits per heavy atom. The van der Waals surface area contributed by atoms with Crippen molar-refractivity contribution in [3.63, 3.8) is 0 Å². The smallest absolute Gasteiger partial charge is 0.0548 e. The summed E-state index contributed by atoms with van der Waals surface area (Å²) >= 11 is 9.49. The van der Waals surface area contributed by atoms with Gasteiger partial charge in [-0.2, -0.15) is 0 Å². The molecule has 0 spiro atoms. The number of likely N-dealkylation sites (tertiary alicyclic amines) is 1. The fraction of sp³-hybridized carbons (Fsp3) is 0.538. The molecule has 0 amide bonds. The Balaban J connectivity index is 1.65. The SMILES string of the molecule is Clc1ccc(CN2CC3CNCC3C2)cc1Br. The number of fused-ring (bicyclic) bond motifs is 1. The lowest BCUT2D eigenvalue weighted by Crippen LogP contribution is -2.25. The van der Waals surface area contributed by atoms with Gasteiger partial charge in [0.2, 0.25) is 0 Å². The molecule has 4 heteroatoms. The zero-order valence-corrected chi connectivity index (χ0v) is 12.0. The number of rotatable bonds is 2. The minimum atomic E-state index is 0.788. The fourth-order valence-corrected chi connectivity index (χ4v) is 3.52. The van der Waals surface area contributed by atoms with Crippen molar-refractivity contribution < 1.29 is 0 Å². The summed E-state index contributed by atoms with van der Waals surface area (Å²) in [6.07, 6.45) is 0. The van der Waals surface area contributed by atoms with Crippen LogP contribution < -0.4 is 5.32 Å². The van der Waals surface area contributed by atoms with E-state index in [1.807, 2.05) is 6.07 Å². The van der Waals surface area contributed by atoms with Crippen LogP contribution in [-0.4, -0.2) is 31.1 Å². The number of hydrogen-bond donors (Lipinski definition) is 1. The second-order valence-electron chi connectivity index (χ2n) is 5.12. The quantitative estimate of drug-likeness (QED) is 0.903. The van der Waals surface area contributed by atoms with Gasteiger partial charge in [0.25, 0.3) is 0 Å². The lowest BCUT2D eigenvalue weighted by molar-refractivity contribution is 0.305. The average molecular weight is 316 g/mol. The summed E-state index contributed by atoms with van der Waals surface area (Å²) in [5.41, 5.74) is 1.34. The third kappa shape index (κ3) is 2.53. The van der Waals surface area contributed by atoms with Gasteiger partial charge in [0.15, 0.2) is 0 Å². The normalized spacial score (nSPS) is 28.6. The van der Waals surface area contributed by atoms with Crippen molar-refractivity contribution in [2.24, 2.45) is 11.8 Å². The van der Waals surface area contributed by atoms with Gasteiger partial charge >= 0.3 is 0 Å². The molecule has 0 aliphatic carbocycles. The number of halogens is 2. The zero-order valence-electron chi connectivity index (χ0n) is 9.63. The molecular formula is C13H16BrClN2. The zero-order chi connectivity index (χ0) is 11.8. The van der Waals surface area contributed by atoms with Crippen LogP contribution in [0.25, 0.3) is 0 Å². The summed E-state index contributed by atoms with van der Waals surface area (Å²) in [6.45, 7) is 5.91. The molecule has 92 valence electrons. The third-order valence-electron chi connectivity index (χ3n) is 3.86. The summed E-state index contributed by atoms with van der Waals surface area (Å²) in [5.74, 6) is 1.73. The van der Waals surface area contributed by atoms with Crippen molar-refractivity contribution in [2.75, 3.05) is 26.2 Å². The summed E-state index contributed by atoms with van der Waals surface area (Å²) in [5, 5.41) is 4.26. The Labute approximate surface area is 115 Å². The van der Waals surface area contributed by atoms with Gasteiger partial charge in [0, 0.05) is 24.1 Å². The van der Waals surface area contributed by atoms with Crippen molar-refractivity contribution in [1.82, 2.24) is 10.2 Å². The molecule has 17 heavy (non-hydrogen) atoms. The Hall–Kier alpha value is -0.0900. The van der Waals surface area contributed by atoms with Crippen LogP contribution in [0.2, 0.25) is 5.02 Å². The molecule has 0 saturated carbocycles. The predicted molar refractivity (Wildman–Crippen MR) is 74.3 cm³/mol. The first kappa shape index (κ1) is 12.0. The van der Waals surface area contributed by atoms with E-state index in [1.165, 1.54) is 31.7 Å². The highest BCUT2D eigenvalue weighted by Gasteiger charge is 2.35. The Morgan fingerprint density at radius 2 is 2.00 bits per heavy atom. The lowest BCUT2D eigenvalue weighted by atomic mass is 10.0. The van der Waals surface area contributed by atoms with E-state index in [9.17, 15) is 0 Å².